The third-order valence-corrected chi connectivity index (χ3v) is 7.28. The Bertz CT molecular complexity index is 1650. The Morgan fingerprint density at radius 1 is 1.12 bits per heavy atom. The molecule has 0 fully saturated rings. The maximum atomic E-state index is 13.3. The molecule has 5 N–H and O–H groups in total. The normalized spacial score (nSPS) is 12.5. The van der Waals surface area contributed by atoms with Gasteiger partial charge in [-0.05, 0) is 6.07 Å². The summed E-state index contributed by atoms with van der Waals surface area (Å²) in [5.41, 5.74) is 5.01. The van der Waals surface area contributed by atoms with E-state index in [9.17, 15) is 22.8 Å². The number of hydrogen-bond donors (Lipinski definition) is 4. The topological polar surface area (TPSA) is 204 Å². The molecule has 214 valence electrons. The van der Waals surface area contributed by atoms with E-state index < -0.39 is 81.1 Å². The van der Waals surface area contributed by atoms with Gasteiger partial charge >= 0.3 is 249 Å². The van der Waals surface area contributed by atoms with E-state index in [-0.39, 0.29) is 34.9 Å². The summed E-state index contributed by atoms with van der Waals surface area (Å²) in [6.45, 7) is -0.940. The van der Waals surface area contributed by atoms with Crippen LogP contribution < -0.4 is 11.4 Å². The van der Waals surface area contributed by atoms with Gasteiger partial charge in [0.15, 0.2) is 0 Å². The number of carbonyl (C=O) groups excluding carboxylic acids is 1. The number of phosphoric acid groups is 1. The molecule has 41 heavy (non-hydrogen) atoms. The van der Waals surface area contributed by atoms with Gasteiger partial charge in [0, 0.05) is 0 Å². The zero-order valence-electron chi connectivity index (χ0n) is 20.6. The van der Waals surface area contributed by atoms with Gasteiger partial charge < -0.3 is 14.7 Å². The van der Waals surface area contributed by atoms with Crippen LogP contribution in [-0.2, 0) is 17.7 Å². The minimum absolute atomic E-state index is 0.0255. The fraction of sp³-hybridized carbons (Fsp3) is 0.200. The number of carbonyl (C=O) groups is 1. The number of benzene rings is 1. The number of nitrogens with zero attached hydrogens (tertiary/aromatic N) is 7. The molecular weight excluding hydrogens is 646 g/mol. The van der Waals surface area contributed by atoms with Gasteiger partial charge in [0.05, 0.1) is 0 Å². The van der Waals surface area contributed by atoms with Crippen LogP contribution >= 0.6 is 31.0 Å². The van der Waals surface area contributed by atoms with Gasteiger partial charge in [0.2, 0.25) is 0 Å². The minimum atomic E-state index is -4.64. The third-order valence-electron chi connectivity index (χ3n) is 5.14. The molecule has 4 aromatic rings. The zero-order valence-corrected chi connectivity index (χ0v) is 26.2. The van der Waals surface area contributed by atoms with Crippen LogP contribution in [0.5, 0.6) is 0 Å². The minimum Gasteiger partial charge on any atom is -0.303 e. The summed E-state index contributed by atoms with van der Waals surface area (Å²) in [7, 11) is -4.64. The molecule has 4 rings (SSSR count). The Morgan fingerprint density at radius 3 is 2.27 bits per heavy atom. The summed E-state index contributed by atoms with van der Waals surface area (Å²) in [5, 5.41) is 9.00. The van der Waals surface area contributed by atoms with E-state index in [4.69, 9.17) is 48.2 Å². The Balaban J connectivity index is 0.000000850. The molecule has 0 aliphatic heterocycles. The molecule has 3 aromatic heterocycles. The number of alkyl halides is 3. The van der Waals surface area contributed by atoms with Crippen LogP contribution in [0.4, 0.5) is 13.2 Å². The second-order valence-electron chi connectivity index (χ2n) is 8.27. The summed E-state index contributed by atoms with van der Waals surface area (Å²) < 4.78 is 50.1. The average Bonchev–Trinajstić information content (AvgIpc) is 3.40. The molecule has 0 radical (unpaired) electrons. The first-order chi connectivity index (χ1) is 19.0. The van der Waals surface area contributed by atoms with E-state index in [1.165, 1.54) is 24.4 Å². The first-order valence-electron chi connectivity index (χ1n) is 11.1. The van der Waals surface area contributed by atoms with Crippen molar-refractivity contribution in [2.75, 3.05) is 0 Å². The SMILES string of the molecule is NC(=O)c1nc(Cn2nc(-c3ccc(Cl)cc3)n(C[CH]([K])C(F)(F)F)c2=O)nn1-c1ncccc1Cl.O=P(O)(O)O. The van der Waals surface area contributed by atoms with Crippen molar-refractivity contribution in [3.05, 3.63) is 74.8 Å². The van der Waals surface area contributed by atoms with E-state index in [1.54, 1.807) is 18.2 Å². The van der Waals surface area contributed by atoms with Gasteiger partial charge in [0.1, 0.15) is 0 Å². The summed E-state index contributed by atoms with van der Waals surface area (Å²) in [6, 6.07) is 9.26. The van der Waals surface area contributed by atoms with Crippen molar-refractivity contribution in [2.45, 2.75) is 19.3 Å². The smallest absolute Gasteiger partial charge is 0.303 e. The van der Waals surface area contributed by atoms with Crippen LogP contribution in [0.25, 0.3) is 17.2 Å². The molecule has 21 heteroatoms. The van der Waals surface area contributed by atoms with Crippen LogP contribution in [0.1, 0.15) is 16.4 Å². The molecule has 0 aliphatic carbocycles. The van der Waals surface area contributed by atoms with E-state index >= 15 is 0 Å². The molecule has 1 atom stereocenters. The van der Waals surface area contributed by atoms with Crippen LogP contribution in [-0.4, -0.2) is 110 Å². The average molecular weight is 663 g/mol. The molecule has 0 aliphatic rings. The van der Waals surface area contributed by atoms with Crippen LogP contribution in [0.2, 0.25) is 10.1 Å². The van der Waals surface area contributed by atoms with Crippen molar-refractivity contribution in [3.8, 4) is 17.2 Å². The van der Waals surface area contributed by atoms with Crippen molar-refractivity contribution >= 4 is 85.9 Å². The first-order valence-corrected chi connectivity index (χ1v) is 15.2. The summed E-state index contributed by atoms with van der Waals surface area (Å²) in [4.78, 5) is 54.8. The number of hydrogen-bond acceptors (Lipinski definition) is 7. The molecule has 3 heterocycles. The van der Waals surface area contributed by atoms with E-state index in [1.807, 2.05) is 0 Å². The summed E-state index contributed by atoms with van der Waals surface area (Å²) >= 11 is 11.4. The molecule has 1 aromatic carbocycles. The Hall–Kier alpha value is -1.96. The molecule has 14 nitrogen and oxygen atoms in total. The van der Waals surface area contributed by atoms with Gasteiger partial charge in [-0.3, -0.25) is 0 Å². The van der Waals surface area contributed by atoms with Crippen molar-refractivity contribution in [1.29, 1.82) is 0 Å². The van der Waals surface area contributed by atoms with Crippen molar-refractivity contribution in [2.24, 2.45) is 5.73 Å². The predicted molar refractivity (Wildman–Crippen MR) is 139 cm³/mol. The predicted octanol–water partition coefficient (Wildman–Crippen LogP) is 1.73. The summed E-state index contributed by atoms with van der Waals surface area (Å²) in [5.74, 6) is -1.17. The van der Waals surface area contributed by atoms with E-state index in [2.05, 4.69) is 20.2 Å². The molecule has 0 saturated carbocycles. The second-order valence-corrected chi connectivity index (χ2v) is 12.3. The van der Waals surface area contributed by atoms with Crippen LogP contribution in [0.3, 0.4) is 0 Å². The van der Waals surface area contributed by atoms with Gasteiger partial charge in [-0.15, -0.1) is 0 Å². The fourth-order valence-corrected chi connectivity index (χ4v) is 4.19. The van der Waals surface area contributed by atoms with Crippen molar-refractivity contribution < 1.29 is 37.2 Å². The molecule has 0 spiro atoms. The van der Waals surface area contributed by atoms with Gasteiger partial charge in [-0.25, -0.2) is 4.57 Å². The number of amides is 1. The molecule has 1 amide bonds. The van der Waals surface area contributed by atoms with E-state index in [0.29, 0.717) is 10.6 Å². The van der Waals surface area contributed by atoms with Gasteiger partial charge in [0.25, 0.3) is 0 Å². The number of rotatable bonds is 7. The number of pyridine rings is 1. The second kappa shape index (κ2) is 13.6. The molecule has 0 saturated heterocycles. The van der Waals surface area contributed by atoms with Crippen molar-refractivity contribution in [1.82, 2.24) is 34.1 Å². The van der Waals surface area contributed by atoms with E-state index in [0.717, 1.165) is 13.9 Å². The number of primary amides is 1. The fourth-order valence-electron chi connectivity index (χ4n) is 3.29. The van der Waals surface area contributed by atoms with Crippen LogP contribution in [0.15, 0.2) is 47.4 Å². The van der Waals surface area contributed by atoms with Gasteiger partial charge in [-0.2, -0.15) is 0 Å². The first kappa shape index (κ1) is 33.5. The molecule has 1 unspecified atom stereocenters. The maximum absolute atomic E-state index is 13.3. The van der Waals surface area contributed by atoms with Crippen LogP contribution in [0, 0.1) is 0 Å². The monoisotopic (exact) mass is 662 g/mol. The molecular formula is C20H17Cl2F3KN8O6P. The van der Waals surface area contributed by atoms with Gasteiger partial charge in [-0.1, -0.05) is 0 Å². The Labute approximate surface area is 271 Å². The summed E-state index contributed by atoms with van der Waals surface area (Å²) in [6.07, 6.45) is -3.03. The zero-order chi connectivity index (χ0) is 30.7. The third kappa shape index (κ3) is 9.26. The van der Waals surface area contributed by atoms with Crippen molar-refractivity contribution in [3.63, 3.8) is 0 Å². The Kier molecular flexibility index (Phi) is 11.1. The number of aromatic nitrogens is 7. The quantitative estimate of drug-likeness (QED) is 0.167. The standard InChI is InChI=1S/C20H14Cl2F3N8O2.K.H3O4P/c21-12-5-3-11(4-6-12)16-30-32(19(35)31(16)9-7-20(23,24)25)10-14-28-18(15(26)34)33(29-14)17-13(22)2-1-8-27-17;;1-5(2,3)4/h1-8H,9-10H2,(H2,26,34);;(H3,1,2,3,4). The number of nitrogens with two attached hydrogens (primary N) is 1. The Morgan fingerprint density at radius 2 is 1.73 bits per heavy atom. The molecule has 0 bridgehead atoms. The number of halogens is 5.